The lowest BCUT2D eigenvalue weighted by molar-refractivity contribution is -0.389. The molecule has 7 nitrogen and oxygen atoms in total. The predicted molar refractivity (Wildman–Crippen MR) is 77.6 cm³/mol. The molecule has 1 atom stereocenters. The number of fused-ring (bicyclic) bond motifs is 1. The van der Waals surface area contributed by atoms with Crippen molar-refractivity contribution in [3.8, 4) is 11.8 Å². The van der Waals surface area contributed by atoms with Gasteiger partial charge in [-0.15, -0.1) is 0 Å². The van der Waals surface area contributed by atoms with Crippen LogP contribution in [0.3, 0.4) is 0 Å². The van der Waals surface area contributed by atoms with Crippen molar-refractivity contribution in [2.45, 2.75) is 19.1 Å². The number of nitro groups is 1. The van der Waals surface area contributed by atoms with Crippen LogP contribution in [0.4, 0.5) is 5.82 Å². The number of benzene rings is 1. The SMILES string of the molecule is CC1(COc2ccc(Br)cc2)Cn2cc([N+](=O)[O-])nc2O1. The van der Waals surface area contributed by atoms with E-state index in [-0.39, 0.29) is 11.8 Å². The number of aromatic nitrogens is 2. The fraction of sp³-hybridized carbons (Fsp3) is 0.308. The topological polar surface area (TPSA) is 79.4 Å². The Kier molecular flexibility index (Phi) is 3.32. The molecular weight excluding hydrogens is 342 g/mol. The number of nitrogens with zero attached hydrogens (tertiary/aromatic N) is 3. The van der Waals surface area contributed by atoms with E-state index in [1.54, 1.807) is 4.57 Å². The minimum absolute atomic E-state index is 0.208. The molecule has 0 amide bonds. The third-order valence-corrected chi connectivity index (χ3v) is 3.64. The standard InChI is InChI=1S/C13H12BrN3O4/c1-13(8-20-10-4-2-9(14)3-5-10)7-16-6-11(17(18)19)15-12(16)21-13/h2-6H,7-8H2,1H3. The van der Waals surface area contributed by atoms with Crippen molar-refractivity contribution in [3.63, 3.8) is 0 Å². The Labute approximate surface area is 128 Å². The summed E-state index contributed by atoms with van der Waals surface area (Å²) in [7, 11) is 0. The molecule has 1 aliphatic rings. The average molecular weight is 354 g/mol. The molecule has 8 heteroatoms. The van der Waals surface area contributed by atoms with E-state index in [2.05, 4.69) is 20.9 Å². The van der Waals surface area contributed by atoms with E-state index in [9.17, 15) is 10.1 Å². The number of rotatable bonds is 4. The quantitative estimate of drug-likeness (QED) is 0.623. The smallest absolute Gasteiger partial charge is 0.415 e. The van der Waals surface area contributed by atoms with Gasteiger partial charge in [0.1, 0.15) is 18.6 Å². The van der Waals surface area contributed by atoms with Gasteiger partial charge in [0, 0.05) is 9.46 Å². The summed E-state index contributed by atoms with van der Waals surface area (Å²) in [4.78, 5) is 13.9. The molecule has 0 aliphatic carbocycles. The van der Waals surface area contributed by atoms with Crippen molar-refractivity contribution in [3.05, 3.63) is 45.0 Å². The van der Waals surface area contributed by atoms with Crippen LogP contribution >= 0.6 is 15.9 Å². The minimum atomic E-state index is -0.593. The van der Waals surface area contributed by atoms with Gasteiger partial charge in [-0.25, -0.2) is 0 Å². The van der Waals surface area contributed by atoms with Gasteiger partial charge in [-0.1, -0.05) is 15.9 Å². The van der Waals surface area contributed by atoms with Gasteiger partial charge in [0.05, 0.1) is 6.54 Å². The van der Waals surface area contributed by atoms with Crippen molar-refractivity contribution >= 4 is 21.7 Å². The highest BCUT2D eigenvalue weighted by Gasteiger charge is 2.41. The first-order valence-corrected chi connectivity index (χ1v) is 7.03. The Hall–Kier alpha value is -2.09. The maximum atomic E-state index is 10.7. The summed E-state index contributed by atoms with van der Waals surface area (Å²) in [6.07, 6.45) is 1.38. The summed E-state index contributed by atoms with van der Waals surface area (Å²) in [5.41, 5.74) is -0.593. The van der Waals surface area contributed by atoms with Gasteiger partial charge in [0.2, 0.25) is 0 Å². The maximum absolute atomic E-state index is 10.7. The molecule has 0 saturated carbocycles. The van der Waals surface area contributed by atoms with E-state index >= 15 is 0 Å². The predicted octanol–water partition coefficient (Wildman–Crippen LogP) is 2.78. The molecule has 1 aliphatic heterocycles. The second-order valence-corrected chi connectivity index (χ2v) is 5.98. The Morgan fingerprint density at radius 2 is 2.24 bits per heavy atom. The molecule has 1 aromatic carbocycles. The lowest BCUT2D eigenvalue weighted by Gasteiger charge is -2.22. The Balaban J connectivity index is 1.65. The fourth-order valence-electron chi connectivity index (χ4n) is 2.12. The van der Waals surface area contributed by atoms with Crippen LogP contribution in [0.2, 0.25) is 0 Å². The highest BCUT2D eigenvalue weighted by molar-refractivity contribution is 9.10. The molecule has 21 heavy (non-hydrogen) atoms. The monoisotopic (exact) mass is 353 g/mol. The summed E-state index contributed by atoms with van der Waals surface area (Å²) in [6, 6.07) is 7.74. The number of halogens is 1. The third kappa shape index (κ3) is 2.85. The molecule has 0 saturated heterocycles. The summed E-state index contributed by atoms with van der Waals surface area (Å²) < 4.78 is 14.0. The molecule has 110 valence electrons. The lowest BCUT2D eigenvalue weighted by Crippen LogP contribution is -2.38. The van der Waals surface area contributed by atoms with Gasteiger partial charge in [-0.2, -0.15) is 0 Å². The summed E-state index contributed by atoms with van der Waals surface area (Å²) in [5.74, 6) is 0.527. The van der Waals surface area contributed by atoms with Gasteiger partial charge >= 0.3 is 11.8 Å². The number of imidazole rings is 1. The normalized spacial score (nSPS) is 19.9. The summed E-state index contributed by atoms with van der Waals surface area (Å²) in [5, 5.41) is 10.7. The molecular formula is C13H12BrN3O4. The third-order valence-electron chi connectivity index (χ3n) is 3.11. The second-order valence-electron chi connectivity index (χ2n) is 5.06. The molecule has 0 bridgehead atoms. The Morgan fingerprint density at radius 3 is 2.86 bits per heavy atom. The van der Waals surface area contributed by atoms with Crippen LogP contribution < -0.4 is 9.47 Å². The van der Waals surface area contributed by atoms with Crippen molar-refractivity contribution in [2.24, 2.45) is 0 Å². The van der Waals surface area contributed by atoms with Gasteiger partial charge in [-0.05, 0) is 36.1 Å². The van der Waals surface area contributed by atoms with Crippen molar-refractivity contribution in [1.82, 2.24) is 9.55 Å². The van der Waals surface area contributed by atoms with Crippen LogP contribution in [0.15, 0.2) is 34.9 Å². The second kappa shape index (κ2) is 5.03. The Morgan fingerprint density at radius 1 is 1.52 bits per heavy atom. The maximum Gasteiger partial charge on any atom is 0.415 e. The average Bonchev–Trinajstić information content (AvgIpc) is 2.93. The molecule has 1 unspecified atom stereocenters. The van der Waals surface area contributed by atoms with Gasteiger partial charge in [-0.3, -0.25) is 4.57 Å². The van der Waals surface area contributed by atoms with E-state index in [1.165, 1.54) is 6.20 Å². The zero-order valence-corrected chi connectivity index (χ0v) is 12.7. The molecule has 2 aromatic rings. The van der Waals surface area contributed by atoms with Crippen molar-refractivity contribution in [2.75, 3.05) is 6.61 Å². The highest BCUT2D eigenvalue weighted by Crippen LogP contribution is 2.31. The zero-order chi connectivity index (χ0) is 15.0. The first-order valence-electron chi connectivity index (χ1n) is 6.24. The number of hydrogen-bond donors (Lipinski definition) is 0. The number of hydrogen-bond acceptors (Lipinski definition) is 5. The van der Waals surface area contributed by atoms with Crippen LogP contribution in [0.25, 0.3) is 0 Å². The van der Waals surface area contributed by atoms with Crippen LogP contribution in [0.5, 0.6) is 11.8 Å². The van der Waals surface area contributed by atoms with E-state index in [1.807, 2.05) is 31.2 Å². The van der Waals surface area contributed by atoms with E-state index in [0.29, 0.717) is 13.2 Å². The molecule has 0 fully saturated rings. The molecule has 2 heterocycles. The molecule has 0 spiro atoms. The first-order chi connectivity index (χ1) is 9.95. The van der Waals surface area contributed by atoms with Crippen LogP contribution in [0, 0.1) is 10.1 Å². The van der Waals surface area contributed by atoms with Crippen molar-refractivity contribution < 1.29 is 14.4 Å². The van der Waals surface area contributed by atoms with Crippen LogP contribution in [-0.2, 0) is 6.54 Å². The number of ether oxygens (including phenoxy) is 2. The lowest BCUT2D eigenvalue weighted by atomic mass is 10.1. The van der Waals surface area contributed by atoms with Crippen LogP contribution in [0.1, 0.15) is 6.92 Å². The Bertz CT molecular complexity index is 660. The summed E-state index contributed by atoms with van der Waals surface area (Å²) >= 11 is 3.36. The van der Waals surface area contributed by atoms with Crippen molar-refractivity contribution in [1.29, 1.82) is 0 Å². The molecule has 0 N–H and O–H groups in total. The minimum Gasteiger partial charge on any atom is -0.489 e. The highest BCUT2D eigenvalue weighted by atomic mass is 79.9. The van der Waals surface area contributed by atoms with Gasteiger partial charge in [0.15, 0.2) is 5.60 Å². The largest absolute Gasteiger partial charge is 0.489 e. The van der Waals surface area contributed by atoms with Gasteiger partial charge in [0.25, 0.3) is 0 Å². The van der Waals surface area contributed by atoms with E-state index in [4.69, 9.17) is 9.47 Å². The molecule has 3 rings (SSSR count). The van der Waals surface area contributed by atoms with E-state index < -0.39 is 10.5 Å². The van der Waals surface area contributed by atoms with E-state index in [0.717, 1.165) is 10.2 Å². The molecule has 0 radical (unpaired) electrons. The first kappa shape index (κ1) is 13.9. The molecule has 1 aromatic heterocycles. The van der Waals surface area contributed by atoms with Crippen LogP contribution in [-0.4, -0.2) is 26.7 Å². The zero-order valence-electron chi connectivity index (χ0n) is 11.2. The van der Waals surface area contributed by atoms with Gasteiger partial charge < -0.3 is 19.6 Å². The fourth-order valence-corrected chi connectivity index (χ4v) is 2.39. The summed E-state index contributed by atoms with van der Waals surface area (Å²) in [6.45, 7) is 2.66.